The number of esters is 1. The van der Waals surface area contributed by atoms with E-state index in [1.165, 1.54) is 24.3 Å². The molecule has 2 aromatic heterocycles. The van der Waals surface area contributed by atoms with E-state index in [9.17, 15) is 31.0 Å². The first kappa shape index (κ1) is 31.2. The number of carbonyl (C=O) groups excluding carboxylic acids is 1. The standard InChI is InChI=1S/C27H31N3O10S2/c1-27(2,3)40-24(31)6-4-5-18(42(35,36)37)11-12-29-17-8-7-16-13-20(26(32)39-22(16)14-17)25-30-21-10-9-19(41(28,33)34)15-23(21)38-25/h7-10,13-15,18,29H,4-6,11-12H2,1-3H3,(H2,28,33,34)(H,35,36,37). The summed E-state index contributed by atoms with van der Waals surface area (Å²) in [6, 6.07) is 10.4. The monoisotopic (exact) mass is 621 g/mol. The zero-order valence-corrected chi connectivity index (χ0v) is 24.7. The fourth-order valence-corrected chi connectivity index (χ4v) is 5.66. The molecule has 1 atom stereocenters. The van der Waals surface area contributed by atoms with Gasteiger partial charge >= 0.3 is 11.6 Å². The van der Waals surface area contributed by atoms with E-state index in [1.54, 1.807) is 39.0 Å². The molecule has 0 aliphatic heterocycles. The van der Waals surface area contributed by atoms with Gasteiger partial charge in [-0.15, -0.1) is 0 Å². The van der Waals surface area contributed by atoms with Crippen molar-refractivity contribution in [1.29, 1.82) is 0 Å². The summed E-state index contributed by atoms with van der Waals surface area (Å²) in [6.45, 7) is 5.39. The molecule has 0 amide bonds. The maximum absolute atomic E-state index is 12.8. The van der Waals surface area contributed by atoms with Gasteiger partial charge in [-0.1, -0.05) is 0 Å². The zero-order chi connectivity index (χ0) is 30.9. The van der Waals surface area contributed by atoms with Crippen LogP contribution in [-0.2, 0) is 29.7 Å². The van der Waals surface area contributed by atoms with E-state index in [2.05, 4.69) is 10.3 Å². The van der Waals surface area contributed by atoms with E-state index >= 15 is 0 Å². The maximum Gasteiger partial charge on any atom is 0.349 e. The predicted octanol–water partition coefficient (Wildman–Crippen LogP) is 3.82. The topological polar surface area (TPSA) is 209 Å². The van der Waals surface area contributed by atoms with Crippen LogP contribution in [0, 0.1) is 0 Å². The Morgan fingerprint density at radius 2 is 1.79 bits per heavy atom. The number of carbonyl (C=O) groups is 1. The van der Waals surface area contributed by atoms with E-state index in [4.69, 9.17) is 18.7 Å². The summed E-state index contributed by atoms with van der Waals surface area (Å²) in [4.78, 5) is 28.7. The van der Waals surface area contributed by atoms with Gasteiger partial charge in [0.05, 0.1) is 10.1 Å². The lowest BCUT2D eigenvalue weighted by molar-refractivity contribution is -0.154. The average Bonchev–Trinajstić information content (AvgIpc) is 3.28. The number of rotatable bonds is 11. The number of aromatic nitrogens is 1. The van der Waals surface area contributed by atoms with Gasteiger partial charge < -0.3 is 18.9 Å². The molecule has 0 saturated heterocycles. The smallest absolute Gasteiger partial charge is 0.349 e. The highest BCUT2D eigenvalue weighted by molar-refractivity contribution is 7.89. The van der Waals surface area contributed by atoms with Gasteiger partial charge in [0.25, 0.3) is 10.1 Å². The van der Waals surface area contributed by atoms with Crippen molar-refractivity contribution in [2.24, 2.45) is 5.14 Å². The SMILES string of the molecule is CC(C)(C)OC(=O)CCCC(CCNc1ccc2cc(-c3nc4ccc(S(N)(=O)=O)cc4o3)c(=O)oc2c1)S(=O)(=O)O. The average molecular weight is 622 g/mol. The van der Waals surface area contributed by atoms with Gasteiger partial charge in [0.15, 0.2) is 5.58 Å². The molecule has 0 aliphatic rings. The highest BCUT2D eigenvalue weighted by Crippen LogP contribution is 2.27. The van der Waals surface area contributed by atoms with Gasteiger partial charge in [0.1, 0.15) is 22.3 Å². The number of nitrogens with two attached hydrogens (primary N) is 1. The van der Waals surface area contributed by atoms with Crippen molar-refractivity contribution in [1.82, 2.24) is 4.98 Å². The Labute approximate surface area is 241 Å². The molecule has 4 rings (SSSR count). The molecular weight excluding hydrogens is 590 g/mol. The molecule has 0 radical (unpaired) electrons. The molecule has 0 saturated carbocycles. The quantitative estimate of drug-likeness (QED) is 0.124. The van der Waals surface area contributed by atoms with Crippen LogP contribution in [0.3, 0.4) is 0 Å². The second-order valence-corrected chi connectivity index (χ2v) is 14.0. The summed E-state index contributed by atoms with van der Waals surface area (Å²) in [6.07, 6.45) is 0.409. The molecule has 4 N–H and O–H groups in total. The van der Waals surface area contributed by atoms with Crippen LogP contribution in [0.1, 0.15) is 46.5 Å². The number of hydrogen-bond donors (Lipinski definition) is 3. The van der Waals surface area contributed by atoms with E-state index in [1.807, 2.05) is 0 Å². The molecule has 2 heterocycles. The van der Waals surface area contributed by atoms with Crippen LogP contribution < -0.4 is 16.1 Å². The summed E-state index contributed by atoms with van der Waals surface area (Å²) in [5.41, 5.74) is -0.124. The molecular formula is C27H31N3O10S2. The van der Waals surface area contributed by atoms with E-state index in [-0.39, 0.29) is 59.7 Å². The van der Waals surface area contributed by atoms with E-state index < -0.39 is 42.6 Å². The molecule has 0 fully saturated rings. The van der Waals surface area contributed by atoms with Crippen molar-refractivity contribution >= 4 is 53.9 Å². The van der Waals surface area contributed by atoms with Gasteiger partial charge in [0, 0.05) is 36.2 Å². The molecule has 0 aliphatic carbocycles. The van der Waals surface area contributed by atoms with Crippen LogP contribution in [-0.4, -0.2) is 49.7 Å². The Kier molecular flexibility index (Phi) is 8.78. The third-order valence-electron chi connectivity index (χ3n) is 6.20. The fraction of sp³-hybridized carbons (Fsp3) is 0.370. The summed E-state index contributed by atoms with van der Waals surface area (Å²) in [5.74, 6) is -0.500. The lowest BCUT2D eigenvalue weighted by Crippen LogP contribution is -2.25. The molecule has 13 nitrogen and oxygen atoms in total. The Bertz CT molecular complexity index is 1910. The van der Waals surface area contributed by atoms with E-state index in [0.717, 1.165) is 0 Å². The fourth-order valence-electron chi connectivity index (χ4n) is 4.25. The predicted molar refractivity (Wildman–Crippen MR) is 155 cm³/mol. The van der Waals surface area contributed by atoms with Crippen molar-refractivity contribution in [3.63, 3.8) is 0 Å². The third-order valence-corrected chi connectivity index (χ3v) is 8.42. The van der Waals surface area contributed by atoms with Crippen molar-refractivity contribution in [2.45, 2.75) is 62.2 Å². The number of hydrogen-bond acceptors (Lipinski definition) is 11. The third kappa shape index (κ3) is 7.94. The van der Waals surface area contributed by atoms with Gasteiger partial charge in [-0.3, -0.25) is 9.35 Å². The molecule has 15 heteroatoms. The number of oxazole rings is 1. The number of fused-ring (bicyclic) bond motifs is 2. The minimum Gasteiger partial charge on any atom is -0.460 e. The van der Waals surface area contributed by atoms with Crippen molar-refractivity contribution in [2.75, 3.05) is 11.9 Å². The maximum atomic E-state index is 12.8. The molecule has 226 valence electrons. The first-order chi connectivity index (χ1) is 19.5. The summed E-state index contributed by atoms with van der Waals surface area (Å²) in [5, 5.41) is 7.68. The molecule has 42 heavy (non-hydrogen) atoms. The lowest BCUT2D eigenvalue weighted by Gasteiger charge is -2.20. The van der Waals surface area contributed by atoms with Crippen LogP contribution in [0.5, 0.6) is 0 Å². The second kappa shape index (κ2) is 11.8. The summed E-state index contributed by atoms with van der Waals surface area (Å²) >= 11 is 0. The number of primary sulfonamides is 1. The highest BCUT2D eigenvalue weighted by atomic mass is 32.2. The summed E-state index contributed by atoms with van der Waals surface area (Å²) in [7, 11) is -8.30. The van der Waals surface area contributed by atoms with Crippen molar-refractivity contribution in [3.8, 4) is 11.5 Å². The van der Waals surface area contributed by atoms with Gasteiger partial charge in [-0.2, -0.15) is 8.42 Å². The minimum atomic E-state index is -4.35. The Morgan fingerprint density at radius 3 is 2.45 bits per heavy atom. The molecule has 1 unspecified atom stereocenters. The van der Waals surface area contributed by atoms with Gasteiger partial charge in [-0.25, -0.2) is 23.3 Å². The number of benzene rings is 2. The second-order valence-electron chi connectivity index (χ2n) is 10.7. The first-order valence-electron chi connectivity index (χ1n) is 12.9. The normalized spacial score (nSPS) is 13.4. The molecule has 2 aromatic carbocycles. The summed E-state index contributed by atoms with van der Waals surface area (Å²) < 4.78 is 72.9. The Hall–Kier alpha value is -3.79. The van der Waals surface area contributed by atoms with E-state index in [0.29, 0.717) is 16.6 Å². The largest absolute Gasteiger partial charge is 0.460 e. The zero-order valence-electron chi connectivity index (χ0n) is 23.1. The first-order valence-corrected chi connectivity index (χ1v) is 16.0. The van der Waals surface area contributed by atoms with Gasteiger partial charge in [-0.05, 0) is 70.4 Å². The van der Waals surface area contributed by atoms with Crippen molar-refractivity contribution < 1.29 is 39.8 Å². The lowest BCUT2D eigenvalue weighted by atomic mass is 10.1. The number of anilines is 1. The number of nitrogens with one attached hydrogen (secondary N) is 1. The number of ether oxygens (including phenoxy) is 1. The Balaban J connectivity index is 1.43. The molecule has 0 bridgehead atoms. The van der Waals surface area contributed by atoms with Crippen molar-refractivity contribution in [3.05, 3.63) is 52.9 Å². The van der Waals surface area contributed by atoms with Gasteiger partial charge in [0.2, 0.25) is 15.9 Å². The van der Waals surface area contributed by atoms with Crippen LogP contribution in [0.4, 0.5) is 5.69 Å². The van der Waals surface area contributed by atoms with Crippen LogP contribution >= 0.6 is 0 Å². The highest BCUT2D eigenvalue weighted by Gasteiger charge is 2.24. The van der Waals surface area contributed by atoms with Crippen LogP contribution in [0.2, 0.25) is 0 Å². The number of nitrogens with zero attached hydrogens (tertiary/aromatic N) is 1. The molecule has 0 spiro atoms. The van der Waals surface area contributed by atoms with Crippen LogP contribution in [0.15, 0.2) is 61.0 Å². The molecule has 4 aromatic rings. The minimum absolute atomic E-state index is 0.0268. The van der Waals surface area contributed by atoms with Crippen LogP contribution in [0.25, 0.3) is 33.5 Å². The number of sulfonamides is 1. The Morgan fingerprint density at radius 1 is 1.05 bits per heavy atom.